The average molecular weight is 421 g/mol. The molecule has 1 spiro atoms. The van der Waals surface area contributed by atoms with Crippen molar-refractivity contribution in [2.75, 3.05) is 39.9 Å². The van der Waals surface area contributed by atoms with Gasteiger partial charge in [0.15, 0.2) is 5.96 Å². The molecule has 2 aliphatic carbocycles. The molecule has 4 nitrogen and oxygen atoms in total. The molecule has 3 aliphatic rings. The zero-order valence-corrected chi connectivity index (χ0v) is 16.5. The summed E-state index contributed by atoms with van der Waals surface area (Å²) in [6.45, 7) is 7.29. The molecule has 5 heteroatoms. The second-order valence-corrected chi connectivity index (χ2v) is 7.37. The lowest BCUT2D eigenvalue weighted by atomic mass is 9.68. The summed E-state index contributed by atoms with van der Waals surface area (Å²) in [6.07, 6.45) is 9.53. The van der Waals surface area contributed by atoms with E-state index in [2.05, 4.69) is 22.1 Å². The topological polar surface area (TPSA) is 36.9 Å². The first kappa shape index (κ1) is 18.3. The average Bonchev–Trinajstić information content (AvgIpc) is 3.07. The predicted molar refractivity (Wildman–Crippen MR) is 102 cm³/mol. The Balaban J connectivity index is 0.00000176. The van der Waals surface area contributed by atoms with Gasteiger partial charge < -0.3 is 15.0 Å². The number of halogens is 1. The number of rotatable bonds is 6. The van der Waals surface area contributed by atoms with Crippen molar-refractivity contribution in [3.63, 3.8) is 0 Å². The summed E-state index contributed by atoms with van der Waals surface area (Å²) in [6, 6.07) is 0. The Bertz CT molecular complexity index is 391. The minimum absolute atomic E-state index is 0. The van der Waals surface area contributed by atoms with E-state index in [0.29, 0.717) is 10.8 Å². The quantitative estimate of drug-likeness (QED) is 0.310. The van der Waals surface area contributed by atoms with Gasteiger partial charge in [0.1, 0.15) is 0 Å². The smallest absolute Gasteiger partial charge is 0.193 e. The maximum atomic E-state index is 5.52. The fourth-order valence-electron chi connectivity index (χ4n) is 3.92. The molecule has 1 N–H and O–H groups in total. The Kier molecular flexibility index (Phi) is 6.39. The summed E-state index contributed by atoms with van der Waals surface area (Å²) in [5.74, 6) is 1.13. The fourth-order valence-corrected chi connectivity index (χ4v) is 3.92. The third kappa shape index (κ3) is 4.08. The first-order valence-electron chi connectivity index (χ1n) is 8.74. The molecule has 1 aliphatic heterocycles. The van der Waals surface area contributed by atoms with Gasteiger partial charge in [0, 0.05) is 39.9 Å². The molecule has 3 fully saturated rings. The van der Waals surface area contributed by atoms with Gasteiger partial charge in [-0.25, -0.2) is 0 Å². The molecule has 1 heterocycles. The van der Waals surface area contributed by atoms with E-state index in [1.165, 1.54) is 58.0 Å². The van der Waals surface area contributed by atoms with E-state index < -0.39 is 0 Å². The van der Waals surface area contributed by atoms with E-state index in [-0.39, 0.29) is 24.0 Å². The standard InChI is InChI=1S/C17H31N3O.HI/c1-3-21-12-10-16(7-8-16)13-19-15(18-2)20-11-9-17(14-20)5-4-6-17;/h3-14H2,1-2H3,(H,18,19);1H. The maximum Gasteiger partial charge on any atom is 0.193 e. The molecule has 1 saturated heterocycles. The van der Waals surface area contributed by atoms with Crippen LogP contribution in [0.5, 0.6) is 0 Å². The Labute approximate surface area is 152 Å². The minimum Gasteiger partial charge on any atom is -0.382 e. The molecule has 128 valence electrons. The summed E-state index contributed by atoms with van der Waals surface area (Å²) < 4.78 is 5.52. The van der Waals surface area contributed by atoms with Gasteiger partial charge in [0.2, 0.25) is 0 Å². The maximum absolute atomic E-state index is 5.52. The highest BCUT2D eigenvalue weighted by Gasteiger charge is 2.45. The van der Waals surface area contributed by atoms with Crippen molar-refractivity contribution >= 4 is 29.9 Å². The summed E-state index contributed by atoms with van der Waals surface area (Å²) in [4.78, 5) is 7.01. The van der Waals surface area contributed by atoms with Gasteiger partial charge in [-0.15, -0.1) is 24.0 Å². The molecule has 0 aromatic rings. The van der Waals surface area contributed by atoms with Gasteiger partial charge in [-0.3, -0.25) is 4.99 Å². The first-order chi connectivity index (χ1) is 10.2. The van der Waals surface area contributed by atoms with Crippen LogP contribution in [0, 0.1) is 10.8 Å². The van der Waals surface area contributed by atoms with Gasteiger partial charge in [-0.2, -0.15) is 0 Å². The number of hydrogen-bond donors (Lipinski definition) is 1. The summed E-state index contributed by atoms with van der Waals surface area (Å²) in [5, 5.41) is 3.65. The number of guanidine groups is 1. The zero-order chi connectivity index (χ0) is 14.8. The molecule has 0 aromatic carbocycles. The Hall–Kier alpha value is -0.0400. The van der Waals surface area contributed by atoms with E-state index in [9.17, 15) is 0 Å². The van der Waals surface area contributed by atoms with Crippen molar-refractivity contribution in [1.29, 1.82) is 0 Å². The summed E-state index contributed by atoms with van der Waals surface area (Å²) in [5.41, 5.74) is 1.13. The summed E-state index contributed by atoms with van der Waals surface area (Å²) in [7, 11) is 1.92. The van der Waals surface area contributed by atoms with Gasteiger partial charge in [0.25, 0.3) is 0 Å². The lowest BCUT2D eigenvalue weighted by Crippen LogP contribution is -2.44. The fraction of sp³-hybridized carbons (Fsp3) is 0.941. The molecule has 0 aromatic heterocycles. The zero-order valence-electron chi connectivity index (χ0n) is 14.2. The second kappa shape index (κ2) is 7.69. The molecule has 2 saturated carbocycles. The van der Waals surface area contributed by atoms with Crippen LogP contribution in [0.4, 0.5) is 0 Å². The van der Waals surface area contributed by atoms with Gasteiger partial charge >= 0.3 is 0 Å². The summed E-state index contributed by atoms with van der Waals surface area (Å²) >= 11 is 0. The van der Waals surface area contributed by atoms with Gasteiger partial charge in [0.05, 0.1) is 0 Å². The van der Waals surface area contributed by atoms with Crippen molar-refractivity contribution in [2.45, 2.75) is 51.9 Å². The molecule has 0 amide bonds. The van der Waals surface area contributed by atoms with Gasteiger partial charge in [-0.05, 0) is 56.3 Å². The van der Waals surface area contributed by atoms with Crippen LogP contribution in [0.15, 0.2) is 4.99 Å². The molecule has 0 bridgehead atoms. The normalized spacial score (nSPS) is 24.8. The van der Waals surface area contributed by atoms with Crippen molar-refractivity contribution in [3.05, 3.63) is 0 Å². The van der Waals surface area contributed by atoms with E-state index >= 15 is 0 Å². The number of aliphatic imine (C=N–C) groups is 1. The molecular formula is C17H32IN3O. The van der Waals surface area contributed by atoms with Crippen LogP contribution in [0.1, 0.15) is 51.9 Å². The molecule has 3 rings (SSSR count). The van der Waals surface area contributed by atoms with Crippen LogP contribution < -0.4 is 5.32 Å². The van der Waals surface area contributed by atoms with E-state index in [0.717, 1.165) is 25.7 Å². The van der Waals surface area contributed by atoms with Gasteiger partial charge in [-0.1, -0.05) is 6.42 Å². The van der Waals surface area contributed by atoms with Crippen LogP contribution in [0.2, 0.25) is 0 Å². The van der Waals surface area contributed by atoms with Crippen molar-refractivity contribution in [2.24, 2.45) is 15.8 Å². The lowest BCUT2D eigenvalue weighted by Gasteiger charge is -2.38. The third-order valence-electron chi connectivity index (χ3n) is 5.92. The number of nitrogens with zero attached hydrogens (tertiary/aromatic N) is 2. The number of ether oxygens (including phenoxy) is 1. The SMILES string of the molecule is CCOCCC1(CNC(=NC)N2CCC3(CCC3)C2)CC1.I. The first-order valence-corrected chi connectivity index (χ1v) is 8.74. The lowest BCUT2D eigenvalue weighted by molar-refractivity contribution is 0.128. The third-order valence-corrected chi connectivity index (χ3v) is 5.92. The van der Waals surface area contributed by atoms with E-state index in [1.807, 2.05) is 7.05 Å². The predicted octanol–water partition coefficient (Wildman–Crippen LogP) is 3.26. The van der Waals surface area contributed by atoms with Crippen LogP contribution in [0.25, 0.3) is 0 Å². The van der Waals surface area contributed by atoms with Crippen molar-refractivity contribution in [3.8, 4) is 0 Å². The second-order valence-electron chi connectivity index (χ2n) is 7.37. The highest BCUT2D eigenvalue weighted by Crippen LogP contribution is 2.49. The van der Waals surface area contributed by atoms with E-state index in [1.54, 1.807) is 0 Å². The molecule has 0 radical (unpaired) electrons. The minimum atomic E-state index is 0. The highest BCUT2D eigenvalue weighted by atomic mass is 127. The van der Waals surface area contributed by atoms with Crippen LogP contribution in [-0.2, 0) is 4.74 Å². The molecular weight excluding hydrogens is 389 g/mol. The highest BCUT2D eigenvalue weighted by molar-refractivity contribution is 14.0. The van der Waals surface area contributed by atoms with Crippen molar-refractivity contribution < 1.29 is 4.74 Å². The van der Waals surface area contributed by atoms with E-state index in [4.69, 9.17) is 4.74 Å². The largest absolute Gasteiger partial charge is 0.382 e. The molecule has 0 unspecified atom stereocenters. The monoisotopic (exact) mass is 421 g/mol. The molecule has 0 atom stereocenters. The Morgan fingerprint density at radius 3 is 2.50 bits per heavy atom. The number of hydrogen-bond acceptors (Lipinski definition) is 2. The van der Waals surface area contributed by atoms with Crippen molar-refractivity contribution in [1.82, 2.24) is 10.2 Å². The Morgan fingerprint density at radius 1 is 1.23 bits per heavy atom. The molecule has 22 heavy (non-hydrogen) atoms. The number of likely N-dealkylation sites (tertiary alicyclic amines) is 1. The van der Waals surface area contributed by atoms with Crippen LogP contribution >= 0.6 is 24.0 Å². The number of nitrogens with one attached hydrogen (secondary N) is 1. The van der Waals surface area contributed by atoms with Crippen LogP contribution in [-0.4, -0.2) is 50.8 Å². The Morgan fingerprint density at radius 2 is 2.00 bits per heavy atom. The van der Waals surface area contributed by atoms with Crippen LogP contribution in [0.3, 0.4) is 0 Å².